The summed E-state index contributed by atoms with van der Waals surface area (Å²) >= 11 is 3.51. The van der Waals surface area contributed by atoms with Gasteiger partial charge in [-0.25, -0.2) is 0 Å². The Morgan fingerprint density at radius 3 is 2.12 bits per heavy atom. The van der Waals surface area contributed by atoms with Gasteiger partial charge >= 0.3 is 0 Å². The highest BCUT2D eigenvalue weighted by Gasteiger charge is 2.12. The van der Waals surface area contributed by atoms with E-state index in [2.05, 4.69) is 20.8 Å². The zero-order valence-corrected chi connectivity index (χ0v) is 11.9. The van der Waals surface area contributed by atoms with Crippen LogP contribution in [-0.4, -0.2) is 40.4 Å². The first-order valence-corrected chi connectivity index (χ1v) is 6.60. The molecule has 0 aliphatic heterocycles. The van der Waals surface area contributed by atoms with E-state index < -0.39 is 12.2 Å². The molecule has 1 rings (SSSR count). The second-order valence-corrected chi connectivity index (χ2v) is 5.34. The van der Waals surface area contributed by atoms with Gasteiger partial charge < -0.3 is 10.2 Å². The van der Waals surface area contributed by atoms with E-state index in [0.717, 1.165) is 16.6 Å². The van der Waals surface area contributed by atoms with Gasteiger partial charge in [0.05, 0.1) is 12.2 Å². The summed E-state index contributed by atoms with van der Waals surface area (Å²) in [6.07, 6.45) is -0.785. The van der Waals surface area contributed by atoms with E-state index in [1.165, 1.54) is 0 Å². The number of hydrogen-bond donors (Lipinski definition) is 2. The Morgan fingerprint density at radius 1 is 1.12 bits per heavy atom. The van der Waals surface area contributed by atoms with Crippen LogP contribution in [0.25, 0.3) is 0 Å². The summed E-state index contributed by atoms with van der Waals surface area (Å²) in [5.41, 5.74) is 1.16. The summed E-state index contributed by atoms with van der Waals surface area (Å²) in [6.45, 7) is 5.36. The molecule has 0 saturated heterocycles. The molecular weight excluding hydrogens is 282 g/mol. The van der Waals surface area contributed by atoms with Gasteiger partial charge in [0, 0.05) is 24.1 Å². The quantitative estimate of drug-likeness (QED) is 0.845. The molecule has 0 radical (unpaired) electrons. The minimum Gasteiger partial charge on any atom is -0.392 e. The topological polar surface area (TPSA) is 43.7 Å². The van der Waals surface area contributed by atoms with Gasteiger partial charge in [-0.15, -0.1) is 0 Å². The average Bonchev–Trinajstić information content (AvgIpc) is 2.19. The molecule has 0 aliphatic rings. The number of aliphatic hydroxyl groups excluding tert-OH is 2. The summed E-state index contributed by atoms with van der Waals surface area (Å²) < 4.78 is 1.06. The maximum atomic E-state index is 9.45. The average molecular weight is 302 g/mol. The van der Waals surface area contributed by atoms with Gasteiger partial charge in [-0.3, -0.25) is 4.90 Å². The molecule has 1 aromatic rings. The Bertz CT molecular complexity index is 332. The predicted octanol–water partition coefficient (Wildman–Crippen LogP) is 2.01. The second kappa shape index (κ2) is 7.11. The molecule has 0 heterocycles. The molecule has 17 heavy (non-hydrogen) atoms. The van der Waals surface area contributed by atoms with E-state index in [0.29, 0.717) is 13.1 Å². The minimum absolute atomic E-state index is 0.392. The zero-order chi connectivity index (χ0) is 12.8. The van der Waals surface area contributed by atoms with Crippen LogP contribution in [0.1, 0.15) is 19.4 Å². The molecule has 2 atom stereocenters. The van der Waals surface area contributed by atoms with Gasteiger partial charge in [0.25, 0.3) is 0 Å². The van der Waals surface area contributed by atoms with Gasteiger partial charge in [0.1, 0.15) is 0 Å². The SMILES string of the molecule is C[C@H](O)CN(Cc1ccccc1Br)C[C@H](C)O. The first-order valence-electron chi connectivity index (χ1n) is 5.81. The lowest BCUT2D eigenvalue weighted by Crippen LogP contribution is -2.35. The van der Waals surface area contributed by atoms with Gasteiger partial charge in [-0.05, 0) is 25.5 Å². The van der Waals surface area contributed by atoms with Gasteiger partial charge in [0.15, 0.2) is 0 Å². The fraction of sp³-hybridized carbons (Fsp3) is 0.538. The normalized spacial score (nSPS) is 14.9. The van der Waals surface area contributed by atoms with Crippen LogP contribution >= 0.6 is 15.9 Å². The summed E-state index contributed by atoms with van der Waals surface area (Å²) in [7, 11) is 0. The largest absolute Gasteiger partial charge is 0.392 e. The molecule has 0 saturated carbocycles. The lowest BCUT2D eigenvalue weighted by atomic mass is 10.2. The van der Waals surface area contributed by atoms with E-state index in [4.69, 9.17) is 0 Å². The van der Waals surface area contributed by atoms with Crippen LogP contribution in [0.5, 0.6) is 0 Å². The van der Waals surface area contributed by atoms with Crippen LogP contribution in [-0.2, 0) is 6.54 Å². The molecule has 96 valence electrons. The molecule has 1 aromatic carbocycles. The number of hydrogen-bond acceptors (Lipinski definition) is 3. The lowest BCUT2D eigenvalue weighted by molar-refractivity contribution is 0.0793. The van der Waals surface area contributed by atoms with Crippen molar-refractivity contribution in [3.63, 3.8) is 0 Å². The number of halogens is 1. The number of nitrogens with zero attached hydrogens (tertiary/aromatic N) is 1. The van der Waals surface area contributed by atoms with Crippen LogP contribution in [0, 0.1) is 0 Å². The van der Waals surface area contributed by atoms with Crippen LogP contribution in [0.4, 0.5) is 0 Å². The summed E-state index contributed by atoms with van der Waals surface area (Å²) in [4.78, 5) is 2.05. The first kappa shape index (κ1) is 14.6. The number of aliphatic hydroxyl groups is 2. The van der Waals surface area contributed by atoms with Gasteiger partial charge in [-0.1, -0.05) is 34.1 Å². The van der Waals surface area contributed by atoms with Gasteiger partial charge in [0.2, 0.25) is 0 Å². The molecular formula is C13H20BrNO2. The van der Waals surface area contributed by atoms with Crippen molar-refractivity contribution in [3.8, 4) is 0 Å². The molecule has 0 fully saturated rings. The molecule has 0 unspecified atom stereocenters. The fourth-order valence-corrected chi connectivity index (χ4v) is 2.23. The highest BCUT2D eigenvalue weighted by atomic mass is 79.9. The number of benzene rings is 1. The standard InChI is InChI=1S/C13H20BrNO2/c1-10(16)7-15(8-11(2)17)9-12-5-3-4-6-13(12)14/h3-6,10-11,16-17H,7-9H2,1-2H3/t10-,11-/m0/s1. The summed E-state index contributed by atoms with van der Waals surface area (Å²) in [5.74, 6) is 0. The highest BCUT2D eigenvalue weighted by Crippen LogP contribution is 2.18. The Labute approximate surface area is 111 Å². The fourth-order valence-electron chi connectivity index (χ4n) is 1.82. The summed E-state index contributed by atoms with van der Waals surface area (Å²) in [6, 6.07) is 8.00. The van der Waals surface area contributed by atoms with E-state index in [1.54, 1.807) is 13.8 Å². The highest BCUT2D eigenvalue weighted by molar-refractivity contribution is 9.10. The Balaban J connectivity index is 2.68. The first-order chi connectivity index (χ1) is 7.99. The van der Waals surface area contributed by atoms with Crippen molar-refractivity contribution in [3.05, 3.63) is 34.3 Å². The van der Waals surface area contributed by atoms with Crippen LogP contribution < -0.4 is 0 Å². The van der Waals surface area contributed by atoms with Crippen molar-refractivity contribution in [2.75, 3.05) is 13.1 Å². The summed E-state index contributed by atoms with van der Waals surface area (Å²) in [5, 5.41) is 18.9. The second-order valence-electron chi connectivity index (χ2n) is 4.48. The molecule has 0 aliphatic carbocycles. The molecule has 0 aromatic heterocycles. The molecule has 0 spiro atoms. The van der Waals surface area contributed by atoms with E-state index in [-0.39, 0.29) is 0 Å². The van der Waals surface area contributed by atoms with Crippen LogP contribution in [0.15, 0.2) is 28.7 Å². The van der Waals surface area contributed by atoms with Crippen molar-refractivity contribution < 1.29 is 10.2 Å². The minimum atomic E-state index is -0.392. The molecule has 0 amide bonds. The number of rotatable bonds is 6. The third-order valence-electron chi connectivity index (χ3n) is 2.40. The molecule has 3 nitrogen and oxygen atoms in total. The Hall–Kier alpha value is -0.420. The van der Waals surface area contributed by atoms with Crippen molar-refractivity contribution in [2.45, 2.75) is 32.6 Å². The third-order valence-corrected chi connectivity index (χ3v) is 3.17. The van der Waals surface area contributed by atoms with E-state index >= 15 is 0 Å². The maximum Gasteiger partial charge on any atom is 0.0639 e. The van der Waals surface area contributed by atoms with E-state index in [1.807, 2.05) is 24.3 Å². The maximum absolute atomic E-state index is 9.45. The van der Waals surface area contributed by atoms with Crippen molar-refractivity contribution in [1.82, 2.24) is 4.90 Å². The Kier molecular flexibility index (Phi) is 6.12. The van der Waals surface area contributed by atoms with Crippen LogP contribution in [0.2, 0.25) is 0 Å². The predicted molar refractivity (Wildman–Crippen MR) is 72.8 cm³/mol. The molecule has 2 N–H and O–H groups in total. The Morgan fingerprint density at radius 2 is 1.65 bits per heavy atom. The monoisotopic (exact) mass is 301 g/mol. The van der Waals surface area contributed by atoms with Crippen LogP contribution in [0.3, 0.4) is 0 Å². The third kappa shape index (κ3) is 5.64. The van der Waals surface area contributed by atoms with Gasteiger partial charge in [-0.2, -0.15) is 0 Å². The van der Waals surface area contributed by atoms with E-state index in [9.17, 15) is 10.2 Å². The smallest absolute Gasteiger partial charge is 0.0639 e. The molecule has 0 bridgehead atoms. The van der Waals surface area contributed by atoms with Crippen molar-refractivity contribution in [1.29, 1.82) is 0 Å². The zero-order valence-electron chi connectivity index (χ0n) is 10.3. The lowest BCUT2D eigenvalue weighted by Gasteiger charge is -2.25. The molecule has 4 heteroatoms. The van der Waals surface area contributed by atoms with Crippen molar-refractivity contribution >= 4 is 15.9 Å². The van der Waals surface area contributed by atoms with Crippen molar-refractivity contribution in [2.24, 2.45) is 0 Å².